The van der Waals surface area contributed by atoms with Crippen LogP contribution in [0.2, 0.25) is 0 Å². The fraction of sp³-hybridized carbons (Fsp3) is 1.00. The third kappa shape index (κ3) is 3.33. The Hall–Kier alpha value is 0.700. The minimum atomic E-state index is 0.682. The Labute approximate surface area is 105 Å². The Bertz CT molecular complexity index is 173. The van der Waals surface area contributed by atoms with Crippen molar-refractivity contribution >= 4 is 25.3 Å². The zero-order chi connectivity index (χ0) is 10.7. The first-order chi connectivity index (χ1) is 7.27. The molecule has 0 spiro atoms. The van der Waals surface area contributed by atoms with Crippen molar-refractivity contribution < 1.29 is 0 Å². The molecule has 0 saturated heterocycles. The van der Waals surface area contributed by atoms with Crippen LogP contribution in [0.15, 0.2) is 0 Å². The van der Waals surface area contributed by atoms with E-state index >= 15 is 0 Å². The number of hydrogen-bond donors (Lipinski definition) is 2. The van der Waals surface area contributed by atoms with Crippen molar-refractivity contribution in [1.29, 1.82) is 0 Å². The predicted molar refractivity (Wildman–Crippen MR) is 74.1 cm³/mol. The van der Waals surface area contributed by atoms with Crippen LogP contribution in [0.5, 0.6) is 0 Å². The van der Waals surface area contributed by atoms with Gasteiger partial charge in [-0.05, 0) is 43.9 Å². The highest BCUT2D eigenvalue weighted by Gasteiger charge is 2.29. The van der Waals surface area contributed by atoms with Gasteiger partial charge in [0.1, 0.15) is 0 Å². The van der Waals surface area contributed by atoms with Gasteiger partial charge >= 0.3 is 0 Å². The SMILES string of the molecule is S[C@@H]1CCCCC1CC1CCCC[C@@H]1S. The minimum absolute atomic E-state index is 0.682. The molecule has 2 aliphatic carbocycles. The average molecular weight is 244 g/mol. The van der Waals surface area contributed by atoms with E-state index in [1.165, 1.54) is 57.8 Å². The van der Waals surface area contributed by atoms with Gasteiger partial charge in [-0.25, -0.2) is 0 Å². The fourth-order valence-corrected chi connectivity index (χ4v) is 4.22. The van der Waals surface area contributed by atoms with Crippen LogP contribution in [0.25, 0.3) is 0 Å². The summed E-state index contributed by atoms with van der Waals surface area (Å²) in [6.07, 6.45) is 12.6. The second-order valence-electron chi connectivity index (χ2n) is 5.46. The number of hydrogen-bond acceptors (Lipinski definition) is 2. The normalized spacial score (nSPS) is 42.8. The highest BCUT2D eigenvalue weighted by molar-refractivity contribution is 7.81. The molecule has 2 aliphatic rings. The Morgan fingerprint density at radius 3 is 1.47 bits per heavy atom. The summed E-state index contributed by atoms with van der Waals surface area (Å²) in [5.74, 6) is 1.78. The molecule has 0 radical (unpaired) electrons. The van der Waals surface area contributed by atoms with E-state index in [0.29, 0.717) is 10.5 Å². The minimum Gasteiger partial charge on any atom is -0.176 e. The first-order valence-corrected chi connectivity index (χ1v) is 7.67. The van der Waals surface area contributed by atoms with Crippen molar-refractivity contribution in [3.05, 3.63) is 0 Å². The zero-order valence-electron chi connectivity index (χ0n) is 9.57. The zero-order valence-corrected chi connectivity index (χ0v) is 11.4. The highest BCUT2D eigenvalue weighted by Crippen LogP contribution is 2.38. The summed E-state index contributed by atoms with van der Waals surface area (Å²) in [4.78, 5) is 0. The van der Waals surface area contributed by atoms with Crippen LogP contribution in [-0.4, -0.2) is 10.5 Å². The largest absolute Gasteiger partial charge is 0.176 e. The Morgan fingerprint density at radius 1 is 0.667 bits per heavy atom. The second kappa shape index (κ2) is 5.86. The molecule has 0 nitrogen and oxygen atoms in total. The summed E-state index contributed by atoms with van der Waals surface area (Å²) in [7, 11) is 0. The van der Waals surface area contributed by atoms with Crippen LogP contribution in [0.1, 0.15) is 57.8 Å². The molecule has 0 aromatic rings. The van der Waals surface area contributed by atoms with Crippen LogP contribution in [0, 0.1) is 11.8 Å². The van der Waals surface area contributed by atoms with E-state index in [4.69, 9.17) is 25.3 Å². The van der Waals surface area contributed by atoms with Crippen LogP contribution >= 0.6 is 25.3 Å². The van der Waals surface area contributed by atoms with Gasteiger partial charge in [-0.1, -0.05) is 25.7 Å². The van der Waals surface area contributed by atoms with Crippen molar-refractivity contribution in [2.24, 2.45) is 11.8 Å². The van der Waals surface area contributed by atoms with Crippen LogP contribution in [0.3, 0.4) is 0 Å². The van der Waals surface area contributed by atoms with Crippen molar-refractivity contribution in [2.45, 2.75) is 68.3 Å². The van der Waals surface area contributed by atoms with Gasteiger partial charge < -0.3 is 0 Å². The van der Waals surface area contributed by atoms with Gasteiger partial charge in [0.15, 0.2) is 0 Å². The molecule has 2 fully saturated rings. The molecule has 15 heavy (non-hydrogen) atoms. The van der Waals surface area contributed by atoms with Crippen LogP contribution < -0.4 is 0 Å². The molecule has 0 amide bonds. The molecule has 0 aliphatic heterocycles. The molecule has 2 rings (SSSR count). The predicted octanol–water partition coefficient (Wildman–Crippen LogP) is 4.35. The van der Waals surface area contributed by atoms with E-state index in [1.807, 2.05) is 0 Å². The lowest BCUT2D eigenvalue weighted by molar-refractivity contribution is 0.257. The van der Waals surface area contributed by atoms with Crippen molar-refractivity contribution in [1.82, 2.24) is 0 Å². The summed E-state index contributed by atoms with van der Waals surface area (Å²) >= 11 is 9.52. The Balaban J connectivity index is 1.83. The summed E-state index contributed by atoms with van der Waals surface area (Å²) in [5.41, 5.74) is 0. The Morgan fingerprint density at radius 2 is 1.07 bits per heavy atom. The topological polar surface area (TPSA) is 0 Å². The van der Waals surface area contributed by atoms with E-state index in [0.717, 1.165) is 11.8 Å². The first kappa shape index (κ1) is 12.2. The summed E-state index contributed by atoms with van der Waals surface area (Å²) in [5, 5.41) is 1.36. The van der Waals surface area contributed by atoms with Crippen molar-refractivity contribution in [2.75, 3.05) is 0 Å². The second-order valence-corrected chi connectivity index (χ2v) is 6.79. The van der Waals surface area contributed by atoms with E-state index in [2.05, 4.69) is 0 Å². The third-order valence-corrected chi connectivity index (χ3v) is 5.70. The monoisotopic (exact) mass is 244 g/mol. The molecular formula is C13H24S2. The lowest BCUT2D eigenvalue weighted by Gasteiger charge is -2.35. The summed E-state index contributed by atoms with van der Waals surface area (Å²) < 4.78 is 0. The van der Waals surface area contributed by atoms with Crippen molar-refractivity contribution in [3.8, 4) is 0 Å². The van der Waals surface area contributed by atoms with E-state index < -0.39 is 0 Å². The molecule has 4 atom stereocenters. The lowest BCUT2D eigenvalue weighted by atomic mass is 9.77. The van der Waals surface area contributed by atoms with Crippen LogP contribution in [-0.2, 0) is 0 Å². The Kier molecular flexibility index (Phi) is 4.75. The lowest BCUT2D eigenvalue weighted by Crippen LogP contribution is -2.28. The molecular weight excluding hydrogens is 220 g/mol. The summed E-state index contributed by atoms with van der Waals surface area (Å²) in [6, 6.07) is 0. The fourth-order valence-electron chi connectivity index (χ4n) is 3.31. The standard InChI is InChI=1S/C13H24S2/c14-12-7-3-1-5-10(12)9-11-6-2-4-8-13(11)15/h10-15H,1-9H2/t10?,11?,12-,13+. The van der Waals surface area contributed by atoms with Crippen molar-refractivity contribution in [3.63, 3.8) is 0 Å². The van der Waals surface area contributed by atoms with E-state index in [-0.39, 0.29) is 0 Å². The summed E-state index contributed by atoms with van der Waals surface area (Å²) in [6.45, 7) is 0. The maximum atomic E-state index is 4.76. The average Bonchev–Trinajstić information content (AvgIpc) is 2.24. The maximum absolute atomic E-state index is 4.76. The first-order valence-electron chi connectivity index (χ1n) is 6.63. The molecule has 88 valence electrons. The molecule has 0 heterocycles. The van der Waals surface area contributed by atoms with Crippen LogP contribution in [0.4, 0.5) is 0 Å². The van der Waals surface area contributed by atoms with Gasteiger partial charge in [0.05, 0.1) is 0 Å². The number of rotatable bonds is 2. The van der Waals surface area contributed by atoms with Gasteiger partial charge in [0, 0.05) is 10.5 Å². The molecule has 2 saturated carbocycles. The maximum Gasteiger partial charge on any atom is 0.00451 e. The van der Waals surface area contributed by atoms with Gasteiger partial charge in [-0.15, -0.1) is 0 Å². The molecule has 0 aromatic heterocycles. The molecule has 2 unspecified atom stereocenters. The third-order valence-electron chi connectivity index (χ3n) is 4.34. The number of thiol groups is 2. The highest BCUT2D eigenvalue weighted by atomic mass is 32.1. The molecule has 0 aromatic carbocycles. The van der Waals surface area contributed by atoms with Gasteiger partial charge in [-0.2, -0.15) is 25.3 Å². The molecule has 0 N–H and O–H groups in total. The van der Waals surface area contributed by atoms with E-state index in [9.17, 15) is 0 Å². The van der Waals surface area contributed by atoms with E-state index in [1.54, 1.807) is 0 Å². The molecule has 0 bridgehead atoms. The van der Waals surface area contributed by atoms with Gasteiger partial charge in [0.25, 0.3) is 0 Å². The smallest absolute Gasteiger partial charge is 0.00451 e. The molecule has 2 heteroatoms. The quantitative estimate of drug-likeness (QED) is 0.663. The van der Waals surface area contributed by atoms with Gasteiger partial charge in [0.2, 0.25) is 0 Å². The van der Waals surface area contributed by atoms with Gasteiger partial charge in [-0.3, -0.25) is 0 Å².